The summed E-state index contributed by atoms with van der Waals surface area (Å²) in [5, 5.41) is 0.751. The molecule has 0 spiro atoms. The second-order valence-electron chi connectivity index (χ2n) is 2.87. The molecular weight excluding hydrogens is 208 g/mol. The van der Waals surface area contributed by atoms with Crippen LogP contribution in [0, 0.1) is 0 Å². The van der Waals surface area contributed by atoms with E-state index in [0.29, 0.717) is 5.82 Å². The number of nitrogens with zero attached hydrogens (tertiary/aromatic N) is 3. The van der Waals surface area contributed by atoms with Gasteiger partial charge in [0, 0.05) is 29.9 Å². The van der Waals surface area contributed by atoms with E-state index >= 15 is 0 Å². The Morgan fingerprint density at radius 1 is 1.07 bits per heavy atom. The molecule has 2 aromatic rings. The van der Waals surface area contributed by atoms with Crippen LogP contribution < -0.4 is 5.73 Å². The van der Waals surface area contributed by atoms with Crippen LogP contribution in [0.2, 0.25) is 0 Å². The minimum Gasteiger partial charge on any atom is -0.383 e. The number of hydrogen-bond donors (Lipinski definition) is 1. The van der Waals surface area contributed by atoms with Gasteiger partial charge in [-0.05, 0) is 12.1 Å². The summed E-state index contributed by atoms with van der Waals surface area (Å²) < 4.78 is 0. The first-order valence-corrected chi connectivity index (χ1v) is 5.44. The number of thioether (sulfide) groups is 1. The molecule has 2 rings (SSSR count). The molecule has 0 aliphatic carbocycles. The fourth-order valence-electron chi connectivity index (χ4n) is 1.08. The van der Waals surface area contributed by atoms with Crippen molar-refractivity contribution in [3.8, 4) is 0 Å². The first kappa shape index (κ1) is 9.92. The zero-order valence-corrected chi connectivity index (χ0v) is 8.81. The number of aromatic nitrogens is 3. The maximum Gasteiger partial charge on any atom is 0.187 e. The number of rotatable bonds is 3. The lowest BCUT2D eigenvalue weighted by Crippen LogP contribution is -1.95. The number of pyridine rings is 1. The fraction of sp³-hybridized carbons (Fsp3) is 0.100. The van der Waals surface area contributed by atoms with E-state index in [1.165, 1.54) is 0 Å². The zero-order chi connectivity index (χ0) is 10.5. The van der Waals surface area contributed by atoms with Gasteiger partial charge in [-0.25, -0.2) is 15.0 Å². The van der Waals surface area contributed by atoms with Gasteiger partial charge in [0.25, 0.3) is 0 Å². The van der Waals surface area contributed by atoms with Gasteiger partial charge in [-0.3, -0.25) is 0 Å². The van der Waals surface area contributed by atoms with Crippen LogP contribution in [-0.4, -0.2) is 15.0 Å². The van der Waals surface area contributed by atoms with Crippen molar-refractivity contribution in [2.24, 2.45) is 0 Å². The molecule has 0 aromatic carbocycles. The molecule has 0 amide bonds. The van der Waals surface area contributed by atoms with Crippen molar-refractivity contribution in [3.63, 3.8) is 0 Å². The van der Waals surface area contributed by atoms with Crippen LogP contribution in [-0.2, 0) is 5.75 Å². The summed E-state index contributed by atoms with van der Waals surface area (Å²) in [5.74, 6) is 1.31. The Kier molecular flexibility index (Phi) is 3.14. The summed E-state index contributed by atoms with van der Waals surface area (Å²) in [7, 11) is 0. The molecular formula is C10H10N4S. The van der Waals surface area contributed by atoms with Crippen LogP contribution >= 0.6 is 11.8 Å². The summed E-state index contributed by atoms with van der Waals surface area (Å²) in [4.78, 5) is 12.2. The molecule has 76 valence electrons. The molecule has 0 saturated heterocycles. The number of hydrogen-bond acceptors (Lipinski definition) is 5. The lowest BCUT2D eigenvalue weighted by molar-refractivity contribution is 0.966. The van der Waals surface area contributed by atoms with E-state index in [-0.39, 0.29) is 0 Å². The molecule has 0 aliphatic heterocycles. The Morgan fingerprint density at radius 3 is 2.53 bits per heavy atom. The highest BCUT2D eigenvalue weighted by Gasteiger charge is 2.01. The maximum atomic E-state index is 5.72. The van der Waals surface area contributed by atoms with Crippen molar-refractivity contribution >= 4 is 17.6 Å². The molecule has 0 aliphatic rings. The number of anilines is 1. The monoisotopic (exact) mass is 218 g/mol. The van der Waals surface area contributed by atoms with Gasteiger partial charge >= 0.3 is 0 Å². The summed E-state index contributed by atoms with van der Waals surface area (Å²) in [6.45, 7) is 0. The van der Waals surface area contributed by atoms with Gasteiger partial charge in [-0.1, -0.05) is 17.8 Å². The van der Waals surface area contributed by atoms with Crippen LogP contribution in [0.4, 0.5) is 5.82 Å². The lowest BCUT2D eigenvalue weighted by Gasteiger charge is -2.02. The maximum absolute atomic E-state index is 5.72. The van der Waals surface area contributed by atoms with Gasteiger partial charge in [0.15, 0.2) is 5.16 Å². The highest BCUT2D eigenvalue weighted by atomic mass is 32.2. The Balaban J connectivity index is 2.03. The second kappa shape index (κ2) is 4.75. The third kappa shape index (κ3) is 2.66. The van der Waals surface area contributed by atoms with E-state index in [4.69, 9.17) is 5.73 Å². The Hall–Kier alpha value is -1.62. The van der Waals surface area contributed by atoms with Crippen molar-refractivity contribution in [3.05, 3.63) is 42.4 Å². The van der Waals surface area contributed by atoms with Crippen LogP contribution in [0.1, 0.15) is 5.56 Å². The van der Waals surface area contributed by atoms with Gasteiger partial charge in [-0.15, -0.1) is 0 Å². The molecule has 2 aromatic heterocycles. The Bertz CT molecular complexity index is 432. The molecule has 15 heavy (non-hydrogen) atoms. The van der Waals surface area contributed by atoms with Crippen molar-refractivity contribution in [2.45, 2.75) is 10.9 Å². The normalized spacial score (nSPS) is 10.1. The number of nitrogens with two attached hydrogens (primary N) is 1. The standard InChI is InChI=1S/C10H10N4S/c11-9-8(3-1-4-12-9)7-15-10-13-5-2-6-14-10/h1-6H,7H2,(H2,11,12). The SMILES string of the molecule is Nc1ncccc1CSc1ncccn1. The molecule has 0 atom stereocenters. The molecule has 0 fully saturated rings. The first-order valence-electron chi connectivity index (χ1n) is 4.45. The molecule has 0 bridgehead atoms. The van der Waals surface area contributed by atoms with Gasteiger partial charge in [0.2, 0.25) is 0 Å². The van der Waals surface area contributed by atoms with E-state index in [1.807, 2.05) is 12.1 Å². The second-order valence-corrected chi connectivity index (χ2v) is 3.81. The largest absolute Gasteiger partial charge is 0.383 e. The minimum atomic E-state index is 0.570. The van der Waals surface area contributed by atoms with E-state index in [0.717, 1.165) is 16.5 Å². The molecule has 0 unspecified atom stereocenters. The first-order chi connectivity index (χ1) is 7.36. The molecule has 4 nitrogen and oxygen atoms in total. The van der Waals surface area contributed by atoms with Crippen molar-refractivity contribution in [1.82, 2.24) is 15.0 Å². The van der Waals surface area contributed by atoms with Crippen molar-refractivity contribution in [1.29, 1.82) is 0 Å². The zero-order valence-electron chi connectivity index (χ0n) is 8.00. The van der Waals surface area contributed by atoms with Gasteiger partial charge < -0.3 is 5.73 Å². The number of nitrogen functional groups attached to an aromatic ring is 1. The summed E-state index contributed by atoms with van der Waals surface area (Å²) in [5.41, 5.74) is 6.73. The molecule has 0 radical (unpaired) electrons. The van der Waals surface area contributed by atoms with Gasteiger partial charge in [0.1, 0.15) is 5.82 Å². The third-order valence-electron chi connectivity index (χ3n) is 1.82. The van der Waals surface area contributed by atoms with Crippen molar-refractivity contribution < 1.29 is 0 Å². The lowest BCUT2D eigenvalue weighted by atomic mass is 10.3. The minimum absolute atomic E-state index is 0.570. The Labute approximate surface area is 92.0 Å². The fourth-order valence-corrected chi connectivity index (χ4v) is 1.87. The molecule has 5 heteroatoms. The topological polar surface area (TPSA) is 64.7 Å². The van der Waals surface area contributed by atoms with Gasteiger partial charge in [0.05, 0.1) is 0 Å². The van der Waals surface area contributed by atoms with E-state index in [9.17, 15) is 0 Å². The molecule has 2 N–H and O–H groups in total. The van der Waals surface area contributed by atoms with Crippen molar-refractivity contribution in [2.75, 3.05) is 5.73 Å². The average Bonchev–Trinajstić information content (AvgIpc) is 2.29. The smallest absolute Gasteiger partial charge is 0.187 e. The van der Waals surface area contributed by atoms with Crippen LogP contribution in [0.25, 0.3) is 0 Å². The summed E-state index contributed by atoms with van der Waals surface area (Å²) >= 11 is 1.55. The summed E-state index contributed by atoms with van der Waals surface area (Å²) in [6.07, 6.45) is 5.13. The van der Waals surface area contributed by atoms with E-state index < -0.39 is 0 Å². The quantitative estimate of drug-likeness (QED) is 0.628. The average molecular weight is 218 g/mol. The van der Waals surface area contributed by atoms with Crippen LogP contribution in [0.5, 0.6) is 0 Å². The van der Waals surface area contributed by atoms with Crippen LogP contribution in [0.3, 0.4) is 0 Å². The Morgan fingerprint density at radius 2 is 1.80 bits per heavy atom. The predicted molar refractivity (Wildman–Crippen MR) is 60.2 cm³/mol. The van der Waals surface area contributed by atoms with E-state index in [1.54, 1.807) is 36.4 Å². The third-order valence-corrected chi connectivity index (χ3v) is 2.75. The predicted octanol–water partition coefficient (Wildman–Crippen LogP) is 1.75. The van der Waals surface area contributed by atoms with Crippen LogP contribution in [0.15, 0.2) is 41.9 Å². The molecule has 2 heterocycles. The highest BCUT2D eigenvalue weighted by Crippen LogP contribution is 2.20. The molecule has 0 saturated carbocycles. The summed E-state index contributed by atoms with van der Waals surface area (Å²) in [6, 6.07) is 5.62. The van der Waals surface area contributed by atoms with Gasteiger partial charge in [-0.2, -0.15) is 0 Å². The van der Waals surface area contributed by atoms with E-state index in [2.05, 4.69) is 15.0 Å². The highest BCUT2D eigenvalue weighted by molar-refractivity contribution is 7.98.